The number of hydrogen-bond donors (Lipinski definition) is 0. The molecule has 0 radical (unpaired) electrons. The molecule has 1 heterocycles. The molecule has 0 unspecified atom stereocenters. The Labute approximate surface area is 138 Å². The first kappa shape index (κ1) is 14.5. The Balaban J connectivity index is 1.70. The summed E-state index contributed by atoms with van der Waals surface area (Å²) >= 11 is 0. The second-order valence-electron chi connectivity index (χ2n) is 6.94. The van der Waals surface area contributed by atoms with Crippen molar-refractivity contribution in [2.75, 3.05) is 6.54 Å². The van der Waals surface area contributed by atoms with E-state index in [1.54, 1.807) is 0 Å². The fraction of sp³-hybridized carbons (Fsp3) is 0.381. The molecule has 23 heavy (non-hydrogen) atoms. The van der Waals surface area contributed by atoms with Gasteiger partial charge in [0.1, 0.15) is 0 Å². The van der Waals surface area contributed by atoms with Crippen LogP contribution in [-0.2, 0) is 23.2 Å². The summed E-state index contributed by atoms with van der Waals surface area (Å²) in [5, 5.41) is 0. The molecule has 118 valence electrons. The maximum Gasteiger partial charge on any atom is 0.226 e. The number of amides is 1. The zero-order valence-electron chi connectivity index (χ0n) is 13.7. The SMILES string of the molecule is CC[C@@]12CN(Cc3ccccc3)C(=O)[C@@H]1CCc1ccccc12. The number of aryl methyl sites for hydroxylation is 1. The number of carbonyl (C=O) groups excluding carboxylic acids is 1. The molecule has 0 spiro atoms. The number of likely N-dealkylation sites (tertiary alicyclic amines) is 1. The first-order valence-electron chi connectivity index (χ1n) is 8.66. The van der Waals surface area contributed by atoms with Gasteiger partial charge in [-0.05, 0) is 36.0 Å². The standard InChI is InChI=1S/C21H23NO/c1-2-21-15-22(14-16-8-4-3-5-9-16)20(23)19(21)13-12-17-10-6-7-11-18(17)21/h3-11,19H,2,12-15H2,1H3/t19-,21-/m0/s1. The van der Waals surface area contributed by atoms with Crippen molar-refractivity contribution in [3.63, 3.8) is 0 Å². The molecule has 1 aliphatic carbocycles. The molecular formula is C21H23NO. The molecule has 2 atom stereocenters. The lowest BCUT2D eigenvalue weighted by Crippen LogP contribution is -2.39. The van der Waals surface area contributed by atoms with E-state index in [1.807, 2.05) is 18.2 Å². The molecule has 2 aromatic rings. The summed E-state index contributed by atoms with van der Waals surface area (Å²) in [5.41, 5.74) is 4.10. The van der Waals surface area contributed by atoms with Gasteiger partial charge in [-0.1, -0.05) is 61.5 Å². The number of benzene rings is 2. The largest absolute Gasteiger partial charge is 0.337 e. The zero-order valence-corrected chi connectivity index (χ0v) is 13.7. The van der Waals surface area contributed by atoms with E-state index in [2.05, 4.69) is 48.2 Å². The van der Waals surface area contributed by atoms with E-state index in [0.29, 0.717) is 5.91 Å². The fourth-order valence-electron chi connectivity index (χ4n) is 4.67. The fourth-order valence-corrected chi connectivity index (χ4v) is 4.67. The van der Waals surface area contributed by atoms with Gasteiger partial charge < -0.3 is 4.90 Å². The van der Waals surface area contributed by atoms with Crippen LogP contribution >= 0.6 is 0 Å². The van der Waals surface area contributed by atoms with Crippen LogP contribution in [-0.4, -0.2) is 17.4 Å². The molecule has 2 aliphatic rings. The van der Waals surface area contributed by atoms with Gasteiger partial charge in [-0.25, -0.2) is 0 Å². The first-order valence-corrected chi connectivity index (χ1v) is 8.66. The minimum atomic E-state index is 0.0146. The van der Waals surface area contributed by atoms with Gasteiger partial charge in [-0.15, -0.1) is 0 Å². The Morgan fingerprint density at radius 3 is 2.61 bits per heavy atom. The molecule has 0 N–H and O–H groups in total. The van der Waals surface area contributed by atoms with Crippen molar-refractivity contribution >= 4 is 5.91 Å². The monoisotopic (exact) mass is 305 g/mol. The summed E-state index contributed by atoms with van der Waals surface area (Å²) in [4.78, 5) is 15.1. The first-order chi connectivity index (χ1) is 11.2. The number of nitrogens with zero attached hydrogens (tertiary/aromatic N) is 1. The van der Waals surface area contributed by atoms with Crippen LogP contribution in [0.1, 0.15) is 36.5 Å². The van der Waals surface area contributed by atoms with Gasteiger partial charge in [0.2, 0.25) is 5.91 Å². The second-order valence-corrected chi connectivity index (χ2v) is 6.94. The average molecular weight is 305 g/mol. The van der Waals surface area contributed by atoms with Crippen LogP contribution in [0.2, 0.25) is 0 Å². The highest BCUT2D eigenvalue weighted by Gasteiger charge is 2.53. The lowest BCUT2D eigenvalue weighted by atomic mass is 9.63. The predicted octanol–water partition coefficient (Wildman–Crippen LogP) is 3.94. The highest BCUT2D eigenvalue weighted by Crippen LogP contribution is 2.49. The van der Waals surface area contributed by atoms with Crippen molar-refractivity contribution in [3.05, 3.63) is 71.3 Å². The van der Waals surface area contributed by atoms with Crippen molar-refractivity contribution < 1.29 is 4.79 Å². The molecule has 1 fully saturated rings. The third-order valence-corrected chi connectivity index (χ3v) is 5.85. The maximum atomic E-state index is 13.0. The quantitative estimate of drug-likeness (QED) is 0.841. The number of hydrogen-bond acceptors (Lipinski definition) is 1. The van der Waals surface area contributed by atoms with Crippen LogP contribution < -0.4 is 0 Å². The maximum absolute atomic E-state index is 13.0. The van der Waals surface area contributed by atoms with Crippen molar-refractivity contribution in [1.29, 1.82) is 0 Å². The van der Waals surface area contributed by atoms with Crippen molar-refractivity contribution in [1.82, 2.24) is 4.90 Å². The van der Waals surface area contributed by atoms with Gasteiger partial charge in [0.15, 0.2) is 0 Å². The smallest absolute Gasteiger partial charge is 0.226 e. The molecule has 0 aromatic heterocycles. The Bertz CT molecular complexity index is 724. The summed E-state index contributed by atoms with van der Waals surface area (Å²) in [6, 6.07) is 19.1. The van der Waals surface area contributed by atoms with E-state index in [0.717, 1.165) is 32.4 Å². The summed E-state index contributed by atoms with van der Waals surface area (Å²) in [7, 11) is 0. The number of carbonyl (C=O) groups is 1. The van der Waals surface area contributed by atoms with E-state index < -0.39 is 0 Å². The van der Waals surface area contributed by atoms with Gasteiger partial charge in [0.25, 0.3) is 0 Å². The zero-order chi connectivity index (χ0) is 15.9. The lowest BCUT2D eigenvalue weighted by molar-refractivity contribution is -0.132. The summed E-state index contributed by atoms with van der Waals surface area (Å²) in [6.07, 6.45) is 3.06. The topological polar surface area (TPSA) is 20.3 Å². The summed E-state index contributed by atoms with van der Waals surface area (Å²) < 4.78 is 0. The van der Waals surface area contributed by atoms with Crippen molar-refractivity contribution in [2.45, 2.75) is 38.1 Å². The molecule has 2 nitrogen and oxygen atoms in total. The molecule has 2 aromatic carbocycles. The third kappa shape index (κ3) is 2.20. The van der Waals surface area contributed by atoms with Crippen LogP contribution in [0.15, 0.2) is 54.6 Å². The van der Waals surface area contributed by atoms with E-state index in [9.17, 15) is 4.79 Å². The highest BCUT2D eigenvalue weighted by atomic mass is 16.2. The lowest BCUT2D eigenvalue weighted by Gasteiger charge is -2.38. The second kappa shape index (κ2) is 5.52. The van der Waals surface area contributed by atoms with Gasteiger partial charge in [0, 0.05) is 24.4 Å². The minimum Gasteiger partial charge on any atom is -0.337 e. The third-order valence-electron chi connectivity index (χ3n) is 5.85. The molecule has 1 aliphatic heterocycles. The normalized spacial score (nSPS) is 26.0. The van der Waals surface area contributed by atoms with Gasteiger partial charge in [0.05, 0.1) is 0 Å². The Morgan fingerprint density at radius 1 is 1.09 bits per heavy atom. The molecule has 0 saturated carbocycles. The number of fused-ring (bicyclic) bond motifs is 3. The van der Waals surface area contributed by atoms with Crippen LogP contribution in [0.4, 0.5) is 0 Å². The molecule has 1 amide bonds. The average Bonchev–Trinajstić information content (AvgIpc) is 2.89. The van der Waals surface area contributed by atoms with E-state index in [4.69, 9.17) is 0 Å². The molecule has 2 heteroatoms. The van der Waals surface area contributed by atoms with Crippen LogP contribution in [0.5, 0.6) is 0 Å². The minimum absolute atomic E-state index is 0.0146. The van der Waals surface area contributed by atoms with Crippen LogP contribution in [0, 0.1) is 5.92 Å². The van der Waals surface area contributed by atoms with Crippen LogP contribution in [0.25, 0.3) is 0 Å². The molecule has 0 bridgehead atoms. The van der Waals surface area contributed by atoms with Gasteiger partial charge in [-0.2, -0.15) is 0 Å². The summed E-state index contributed by atoms with van der Waals surface area (Å²) in [6.45, 7) is 3.84. The number of rotatable bonds is 3. The molecule has 4 rings (SSSR count). The van der Waals surface area contributed by atoms with E-state index in [1.165, 1.54) is 16.7 Å². The Kier molecular flexibility index (Phi) is 3.48. The predicted molar refractivity (Wildman–Crippen MR) is 92.1 cm³/mol. The van der Waals surface area contributed by atoms with Gasteiger partial charge >= 0.3 is 0 Å². The molecular weight excluding hydrogens is 282 g/mol. The van der Waals surface area contributed by atoms with E-state index >= 15 is 0 Å². The molecule has 1 saturated heterocycles. The van der Waals surface area contributed by atoms with Crippen molar-refractivity contribution in [2.24, 2.45) is 5.92 Å². The van der Waals surface area contributed by atoms with Crippen molar-refractivity contribution in [3.8, 4) is 0 Å². The van der Waals surface area contributed by atoms with Gasteiger partial charge in [-0.3, -0.25) is 4.79 Å². The summed E-state index contributed by atoms with van der Waals surface area (Å²) in [5.74, 6) is 0.510. The Morgan fingerprint density at radius 2 is 1.83 bits per heavy atom. The Hall–Kier alpha value is -2.09. The van der Waals surface area contributed by atoms with Crippen LogP contribution in [0.3, 0.4) is 0 Å². The van der Waals surface area contributed by atoms with E-state index in [-0.39, 0.29) is 11.3 Å². The highest BCUT2D eigenvalue weighted by molar-refractivity contribution is 5.84.